The molecule has 4 amide bonds. The Morgan fingerprint density at radius 1 is 0.780 bits per heavy atom. The summed E-state index contributed by atoms with van der Waals surface area (Å²) in [6.45, 7) is 21.1. The van der Waals surface area contributed by atoms with Crippen LogP contribution in [0.5, 0.6) is 0 Å². The molecule has 232 valence electrons. The third-order valence-electron chi connectivity index (χ3n) is 7.37. The van der Waals surface area contributed by atoms with E-state index in [1.807, 2.05) is 13.8 Å². The van der Waals surface area contributed by atoms with Crippen molar-refractivity contribution in [1.82, 2.24) is 20.0 Å². The fraction of sp³-hybridized carbons (Fsp3) is 0.750. The molecule has 2 saturated heterocycles. The molecule has 2 unspecified atom stereocenters. The van der Waals surface area contributed by atoms with E-state index in [0.717, 1.165) is 11.1 Å². The summed E-state index contributed by atoms with van der Waals surface area (Å²) >= 11 is 0. The normalized spacial score (nSPS) is 21.3. The summed E-state index contributed by atoms with van der Waals surface area (Å²) in [6.07, 6.45) is 6.13. The van der Waals surface area contributed by atoms with Crippen molar-refractivity contribution < 1.29 is 19.2 Å². The standard InChI is InChI=1S/C32H55N5O4/c1-23(21-31(3,4)5)17-25-19-27(38)36(29(25)40)14-11-34-10-13-35(12-9-33)15-16-37-28(39)20-26(30(37)41)18-24(2)22-32(6,7)8/h21-22,25-26,34H,9-20,33H2,1-8H3/b23-21+,24-22+. The van der Waals surface area contributed by atoms with Gasteiger partial charge in [0.2, 0.25) is 23.6 Å². The van der Waals surface area contributed by atoms with Crippen molar-refractivity contribution in [3.63, 3.8) is 0 Å². The Labute approximate surface area is 247 Å². The van der Waals surface area contributed by atoms with Gasteiger partial charge in [-0.2, -0.15) is 0 Å². The number of nitrogens with two attached hydrogens (primary N) is 1. The van der Waals surface area contributed by atoms with Gasteiger partial charge in [-0.25, -0.2) is 0 Å². The highest BCUT2D eigenvalue weighted by atomic mass is 16.2. The number of likely N-dealkylation sites (tertiary alicyclic amines) is 2. The lowest BCUT2D eigenvalue weighted by molar-refractivity contribution is -0.141. The van der Waals surface area contributed by atoms with Crippen LogP contribution in [0.4, 0.5) is 0 Å². The van der Waals surface area contributed by atoms with Crippen molar-refractivity contribution in [3.05, 3.63) is 23.3 Å². The molecule has 0 spiro atoms. The Morgan fingerprint density at radius 2 is 1.24 bits per heavy atom. The van der Waals surface area contributed by atoms with Crippen molar-refractivity contribution >= 4 is 23.6 Å². The van der Waals surface area contributed by atoms with Crippen molar-refractivity contribution in [2.24, 2.45) is 28.4 Å². The molecule has 9 nitrogen and oxygen atoms in total. The molecule has 0 aromatic heterocycles. The molecule has 0 aromatic carbocycles. The topological polar surface area (TPSA) is 116 Å². The monoisotopic (exact) mass is 573 g/mol. The molecule has 0 radical (unpaired) electrons. The summed E-state index contributed by atoms with van der Waals surface area (Å²) in [7, 11) is 0. The van der Waals surface area contributed by atoms with E-state index in [4.69, 9.17) is 5.73 Å². The molecule has 0 bridgehead atoms. The van der Waals surface area contributed by atoms with Gasteiger partial charge in [0.1, 0.15) is 0 Å². The second-order valence-corrected chi connectivity index (χ2v) is 14.1. The predicted molar refractivity (Wildman–Crippen MR) is 164 cm³/mol. The first-order valence-corrected chi connectivity index (χ1v) is 15.2. The third kappa shape index (κ3) is 11.8. The molecule has 2 aliphatic heterocycles. The van der Waals surface area contributed by atoms with Crippen LogP contribution in [-0.4, -0.2) is 90.7 Å². The minimum Gasteiger partial charge on any atom is -0.329 e. The quantitative estimate of drug-likeness (QED) is 0.175. The molecule has 0 aromatic rings. The van der Waals surface area contributed by atoms with Gasteiger partial charge < -0.3 is 11.1 Å². The Bertz CT molecular complexity index is 1000. The minimum absolute atomic E-state index is 0.0385. The van der Waals surface area contributed by atoms with Crippen LogP contribution in [0.3, 0.4) is 0 Å². The van der Waals surface area contributed by atoms with Crippen LogP contribution in [0.1, 0.15) is 81.1 Å². The first-order chi connectivity index (χ1) is 19.0. The summed E-state index contributed by atoms with van der Waals surface area (Å²) in [5.41, 5.74) is 8.18. The molecule has 9 heteroatoms. The van der Waals surface area contributed by atoms with E-state index in [1.54, 1.807) is 0 Å². The van der Waals surface area contributed by atoms with Crippen LogP contribution in [0.25, 0.3) is 0 Å². The zero-order valence-electron chi connectivity index (χ0n) is 26.8. The van der Waals surface area contributed by atoms with Gasteiger partial charge in [-0.15, -0.1) is 0 Å². The smallest absolute Gasteiger partial charge is 0.233 e. The number of carbonyl (C=O) groups excluding carboxylic acids is 4. The fourth-order valence-corrected chi connectivity index (χ4v) is 5.98. The van der Waals surface area contributed by atoms with Crippen molar-refractivity contribution in [2.75, 3.05) is 52.4 Å². The van der Waals surface area contributed by atoms with Gasteiger partial charge in [-0.1, -0.05) is 64.8 Å². The summed E-state index contributed by atoms with van der Waals surface area (Å²) in [6, 6.07) is 0. The Morgan fingerprint density at radius 3 is 1.68 bits per heavy atom. The predicted octanol–water partition coefficient (Wildman–Crippen LogP) is 3.35. The van der Waals surface area contributed by atoms with Crippen LogP contribution in [0, 0.1) is 22.7 Å². The summed E-state index contributed by atoms with van der Waals surface area (Å²) in [4.78, 5) is 55.9. The zero-order valence-corrected chi connectivity index (χ0v) is 26.8. The lowest BCUT2D eigenvalue weighted by atomic mass is 9.90. The first-order valence-electron chi connectivity index (χ1n) is 15.2. The summed E-state index contributed by atoms with van der Waals surface area (Å²) in [5.74, 6) is -0.903. The van der Waals surface area contributed by atoms with E-state index >= 15 is 0 Å². The highest BCUT2D eigenvalue weighted by Gasteiger charge is 2.39. The second kappa shape index (κ2) is 15.2. The molecule has 41 heavy (non-hydrogen) atoms. The number of hydrogen-bond acceptors (Lipinski definition) is 7. The molecular formula is C32H55N5O4. The maximum absolute atomic E-state index is 13.0. The van der Waals surface area contributed by atoms with Crippen LogP contribution in [-0.2, 0) is 19.2 Å². The Balaban J connectivity index is 1.77. The van der Waals surface area contributed by atoms with E-state index in [9.17, 15) is 19.2 Å². The average molecular weight is 574 g/mol. The number of amides is 4. The molecule has 2 heterocycles. The molecule has 0 aliphatic carbocycles. The number of hydrogen-bond donors (Lipinski definition) is 2. The van der Waals surface area contributed by atoms with Crippen LogP contribution in [0.2, 0.25) is 0 Å². The molecular weight excluding hydrogens is 518 g/mol. The SMILES string of the molecule is C/C(=C\C(C)(C)C)CC1CC(=O)N(CCNCCN(CCN)CCN2C(=O)CC(C/C(C)=C/C(C)(C)C)C2=O)C1=O. The maximum atomic E-state index is 13.0. The molecule has 2 fully saturated rings. The van der Waals surface area contributed by atoms with E-state index in [1.165, 1.54) is 9.80 Å². The largest absolute Gasteiger partial charge is 0.329 e. The van der Waals surface area contributed by atoms with E-state index in [-0.39, 0.29) is 59.1 Å². The van der Waals surface area contributed by atoms with Crippen molar-refractivity contribution in [3.8, 4) is 0 Å². The first kappa shape index (κ1) is 34.8. The molecule has 0 saturated carbocycles. The van der Waals surface area contributed by atoms with E-state index in [0.29, 0.717) is 65.2 Å². The van der Waals surface area contributed by atoms with Gasteiger partial charge in [0.15, 0.2) is 0 Å². The molecule has 2 atom stereocenters. The second-order valence-electron chi connectivity index (χ2n) is 14.1. The highest BCUT2D eigenvalue weighted by molar-refractivity contribution is 6.04. The lowest BCUT2D eigenvalue weighted by Gasteiger charge is -2.25. The van der Waals surface area contributed by atoms with Gasteiger partial charge in [-0.05, 0) is 37.5 Å². The molecule has 2 rings (SSSR count). The number of nitrogens with one attached hydrogen (secondary N) is 1. The average Bonchev–Trinajstić information content (AvgIpc) is 3.22. The summed E-state index contributed by atoms with van der Waals surface area (Å²) < 4.78 is 0. The minimum atomic E-state index is -0.278. The molecule has 2 aliphatic rings. The number of imide groups is 2. The number of allylic oxidation sites excluding steroid dienone is 4. The van der Waals surface area contributed by atoms with Gasteiger partial charge in [0.05, 0.1) is 11.8 Å². The molecule has 3 N–H and O–H groups in total. The lowest BCUT2D eigenvalue weighted by Crippen LogP contribution is -2.43. The zero-order chi connectivity index (χ0) is 31.0. The van der Waals surface area contributed by atoms with Crippen LogP contribution >= 0.6 is 0 Å². The van der Waals surface area contributed by atoms with Gasteiger partial charge in [-0.3, -0.25) is 33.9 Å². The van der Waals surface area contributed by atoms with Crippen LogP contribution < -0.4 is 11.1 Å². The summed E-state index contributed by atoms with van der Waals surface area (Å²) in [5, 5.41) is 3.33. The van der Waals surface area contributed by atoms with Gasteiger partial charge >= 0.3 is 0 Å². The highest BCUT2D eigenvalue weighted by Crippen LogP contribution is 2.29. The van der Waals surface area contributed by atoms with E-state index < -0.39 is 0 Å². The van der Waals surface area contributed by atoms with E-state index in [2.05, 4.69) is 63.9 Å². The number of carbonyl (C=O) groups is 4. The van der Waals surface area contributed by atoms with Gasteiger partial charge in [0.25, 0.3) is 0 Å². The van der Waals surface area contributed by atoms with Crippen molar-refractivity contribution in [1.29, 1.82) is 0 Å². The van der Waals surface area contributed by atoms with Crippen molar-refractivity contribution in [2.45, 2.75) is 81.1 Å². The van der Waals surface area contributed by atoms with Gasteiger partial charge in [0, 0.05) is 65.2 Å². The number of nitrogens with zero attached hydrogens (tertiary/aromatic N) is 3. The third-order valence-corrected chi connectivity index (χ3v) is 7.37. The Hall–Kier alpha value is -2.36. The fourth-order valence-electron chi connectivity index (χ4n) is 5.98. The van der Waals surface area contributed by atoms with Crippen LogP contribution in [0.15, 0.2) is 23.3 Å². The Kier molecular flexibility index (Phi) is 12.9. The maximum Gasteiger partial charge on any atom is 0.233 e. The number of rotatable bonds is 15.